The molecule has 0 N–H and O–H groups in total. The minimum absolute atomic E-state index is 4.07. The monoisotopic (exact) mass is 354 g/mol. The normalized spacial score (nSPS) is 16.0. The molecule has 0 amide bonds. The van der Waals surface area contributed by atoms with E-state index in [0.717, 1.165) is 0 Å². The first kappa shape index (κ1) is 19.9. The number of nitrogens with zero attached hydrogens (tertiary/aromatic N) is 2. The Bertz CT molecular complexity index is 347. The third-order valence-corrected chi connectivity index (χ3v) is 1.62. The zero-order valence-electron chi connectivity index (χ0n) is 8.69. The van der Waals surface area contributed by atoms with Crippen molar-refractivity contribution in [3.05, 3.63) is 0 Å². The van der Waals surface area contributed by atoms with Gasteiger partial charge in [0.2, 0.25) is 0 Å². The summed E-state index contributed by atoms with van der Waals surface area (Å²) in [6, 6.07) is -15.2. The highest BCUT2D eigenvalue weighted by Gasteiger charge is 2.79. The first-order chi connectivity index (χ1) is 8.77. The summed E-state index contributed by atoms with van der Waals surface area (Å²) in [5.41, 5.74) is 0. The molecular weight excluding hydrogens is 354 g/mol. The first-order valence-corrected chi connectivity index (χ1v) is 3.99. The van der Waals surface area contributed by atoms with E-state index in [2.05, 4.69) is 0 Å². The maximum absolute atomic E-state index is 12.6. The summed E-state index contributed by atoms with van der Waals surface area (Å²) < 4.78 is 167. The highest BCUT2D eigenvalue weighted by molar-refractivity contribution is 4.86. The fourth-order valence-electron chi connectivity index (χ4n) is 0.874. The van der Waals surface area contributed by atoms with Crippen molar-refractivity contribution in [3.8, 4) is 0 Å². The van der Waals surface area contributed by atoms with E-state index in [1.54, 1.807) is 0 Å². The Morgan fingerprint density at radius 3 is 0.905 bits per heavy atom. The Morgan fingerprint density at radius 2 is 0.714 bits per heavy atom. The molecular formula is C5F14N2. The maximum atomic E-state index is 12.6. The summed E-state index contributed by atoms with van der Waals surface area (Å²) >= 11 is 0. The maximum Gasteiger partial charge on any atom is 0.492 e. The lowest BCUT2D eigenvalue weighted by atomic mass is 10.4. The van der Waals surface area contributed by atoms with Crippen molar-refractivity contribution in [2.75, 3.05) is 0 Å². The van der Waals surface area contributed by atoms with Crippen LogP contribution in [0, 0.1) is 0 Å². The second-order valence-corrected chi connectivity index (χ2v) is 3.10. The molecule has 0 fully saturated rings. The summed E-state index contributed by atoms with van der Waals surface area (Å²) in [7, 11) is 0. The quantitative estimate of drug-likeness (QED) is 0.426. The van der Waals surface area contributed by atoms with Crippen LogP contribution in [0.1, 0.15) is 0 Å². The third kappa shape index (κ3) is 3.78. The Labute approximate surface area is 104 Å². The standard InChI is InChI=1S/C5F14N2/c6-1(7,2(8,9)21(19)5(16,17)18)20(3(10,11)12)4(13,14)15. The minimum Gasteiger partial charge on any atom is -0.179 e. The van der Waals surface area contributed by atoms with Gasteiger partial charge in [-0.3, -0.25) is 0 Å². The average molecular weight is 354 g/mol. The Hall–Kier alpha value is -1.06. The zero-order valence-corrected chi connectivity index (χ0v) is 8.69. The molecule has 0 atom stereocenters. The lowest BCUT2D eigenvalue weighted by molar-refractivity contribution is -0.517. The van der Waals surface area contributed by atoms with E-state index in [-0.39, 0.29) is 0 Å². The summed E-state index contributed by atoms with van der Waals surface area (Å²) in [5, 5.41) is -4.07. The molecule has 0 rings (SSSR count). The molecule has 0 aliphatic rings. The molecule has 0 aromatic rings. The summed E-state index contributed by atoms with van der Waals surface area (Å²) in [4.78, 5) is -4.15. The molecule has 0 heterocycles. The molecule has 16 heteroatoms. The molecule has 0 bridgehead atoms. The van der Waals surface area contributed by atoms with E-state index in [0.29, 0.717) is 0 Å². The van der Waals surface area contributed by atoms with Gasteiger partial charge in [0, 0.05) is 5.12 Å². The second-order valence-electron chi connectivity index (χ2n) is 3.10. The summed E-state index contributed by atoms with van der Waals surface area (Å²) in [6.07, 6.45) is -21.6. The Kier molecular flexibility index (Phi) is 4.74. The van der Waals surface area contributed by atoms with E-state index < -0.39 is 41.0 Å². The van der Waals surface area contributed by atoms with E-state index in [4.69, 9.17) is 0 Å². The van der Waals surface area contributed by atoms with Crippen LogP contribution in [0.5, 0.6) is 0 Å². The summed E-state index contributed by atoms with van der Waals surface area (Å²) in [5.74, 6) is 0. The number of rotatable bonds is 3. The molecule has 2 nitrogen and oxygen atoms in total. The van der Waals surface area contributed by atoms with Gasteiger partial charge < -0.3 is 0 Å². The number of halogens is 14. The van der Waals surface area contributed by atoms with E-state index >= 15 is 0 Å². The minimum atomic E-state index is -7.66. The van der Waals surface area contributed by atoms with Crippen molar-refractivity contribution in [2.24, 2.45) is 0 Å². The molecule has 0 aromatic heterocycles. The van der Waals surface area contributed by atoms with Crippen LogP contribution in [-0.2, 0) is 0 Å². The SMILES string of the molecule is FN(C(F)(F)F)C(F)(F)C(F)(F)N(C(F)(F)F)C(F)(F)F. The lowest BCUT2D eigenvalue weighted by Crippen LogP contribution is -2.69. The fraction of sp³-hybridized carbons (Fsp3) is 1.00. The van der Waals surface area contributed by atoms with Crippen LogP contribution >= 0.6 is 0 Å². The first-order valence-electron chi connectivity index (χ1n) is 3.99. The number of alkyl halides is 13. The third-order valence-electron chi connectivity index (χ3n) is 1.62. The Morgan fingerprint density at radius 1 is 0.429 bits per heavy atom. The highest BCUT2D eigenvalue weighted by Crippen LogP contribution is 2.51. The van der Waals surface area contributed by atoms with Crippen molar-refractivity contribution in [2.45, 2.75) is 31.0 Å². The molecule has 0 saturated carbocycles. The van der Waals surface area contributed by atoms with Gasteiger partial charge in [-0.05, 0) is 0 Å². The van der Waals surface area contributed by atoms with Crippen molar-refractivity contribution in [3.63, 3.8) is 0 Å². The lowest BCUT2D eigenvalue weighted by Gasteiger charge is -2.38. The zero-order chi connectivity index (χ0) is 17.7. The second kappa shape index (κ2) is 4.99. The average Bonchev–Trinajstić information content (AvgIpc) is 2.08. The van der Waals surface area contributed by atoms with E-state index in [1.807, 2.05) is 0 Å². The van der Waals surface area contributed by atoms with Gasteiger partial charge in [-0.1, -0.05) is 4.90 Å². The van der Waals surface area contributed by atoms with Crippen LogP contribution in [0.2, 0.25) is 0 Å². The summed E-state index contributed by atoms with van der Waals surface area (Å²) in [6.45, 7) is 0. The molecule has 128 valence electrons. The van der Waals surface area contributed by atoms with Gasteiger partial charge in [-0.2, -0.15) is 57.1 Å². The molecule has 0 saturated heterocycles. The van der Waals surface area contributed by atoms with Crippen molar-refractivity contribution in [1.29, 1.82) is 0 Å². The van der Waals surface area contributed by atoms with Gasteiger partial charge in [-0.15, -0.1) is 4.48 Å². The van der Waals surface area contributed by atoms with Crippen LogP contribution in [0.15, 0.2) is 0 Å². The van der Waals surface area contributed by atoms with Crippen molar-refractivity contribution >= 4 is 0 Å². The van der Waals surface area contributed by atoms with Gasteiger partial charge in [0.1, 0.15) is 0 Å². The number of hydrogen-bond donors (Lipinski definition) is 0. The molecule has 21 heavy (non-hydrogen) atoms. The predicted octanol–water partition coefficient (Wildman–Crippen LogP) is 4.22. The molecule has 0 aliphatic carbocycles. The predicted molar refractivity (Wildman–Crippen MR) is 32.8 cm³/mol. The van der Waals surface area contributed by atoms with Crippen LogP contribution in [0.4, 0.5) is 61.6 Å². The van der Waals surface area contributed by atoms with Crippen LogP contribution in [0.3, 0.4) is 0 Å². The van der Waals surface area contributed by atoms with Gasteiger partial charge in [0.05, 0.1) is 0 Å². The topological polar surface area (TPSA) is 6.48 Å². The van der Waals surface area contributed by atoms with E-state index in [9.17, 15) is 61.6 Å². The highest BCUT2D eigenvalue weighted by atomic mass is 19.4. The van der Waals surface area contributed by atoms with Crippen LogP contribution in [-0.4, -0.2) is 41.0 Å². The molecule has 0 radical (unpaired) electrons. The van der Waals surface area contributed by atoms with Gasteiger partial charge in [0.15, 0.2) is 0 Å². The molecule has 0 aromatic carbocycles. The fourth-order valence-corrected chi connectivity index (χ4v) is 0.874. The molecule has 0 spiro atoms. The van der Waals surface area contributed by atoms with Gasteiger partial charge in [0.25, 0.3) is 0 Å². The van der Waals surface area contributed by atoms with E-state index in [1.165, 1.54) is 0 Å². The van der Waals surface area contributed by atoms with Gasteiger partial charge >= 0.3 is 31.0 Å². The van der Waals surface area contributed by atoms with Crippen molar-refractivity contribution in [1.82, 2.24) is 10.0 Å². The largest absolute Gasteiger partial charge is 0.492 e. The van der Waals surface area contributed by atoms with Crippen LogP contribution < -0.4 is 0 Å². The molecule has 0 aliphatic heterocycles. The van der Waals surface area contributed by atoms with Gasteiger partial charge in [-0.25, -0.2) is 0 Å². The van der Waals surface area contributed by atoms with Crippen LogP contribution in [0.25, 0.3) is 0 Å². The van der Waals surface area contributed by atoms with Crippen molar-refractivity contribution < 1.29 is 61.6 Å². The smallest absolute Gasteiger partial charge is 0.179 e. The Balaban J connectivity index is 6.02. The molecule has 0 unspecified atom stereocenters. The number of hydrogen-bond acceptors (Lipinski definition) is 2.